The van der Waals surface area contributed by atoms with Crippen molar-refractivity contribution in [2.24, 2.45) is 5.41 Å². The molecule has 0 spiro atoms. The number of nitrogens with one attached hydrogen (secondary N) is 1. The van der Waals surface area contributed by atoms with Crippen LogP contribution in [0.15, 0.2) is 12.7 Å². The summed E-state index contributed by atoms with van der Waals surface area (Å²) >= 11 is -1.25. The highest BCUT2D eigenvalue weighted by atomic mass is 32.2. The van der Waals surface area contributed by atoms with Crippen LogP contribution in [0.25, 0.3) is 0 Å². The molecule has 0 saturated heterocycles. The van der Waals surface area contributed by atoms with E-state index in [4.69, 9.17) is 11.2 Å². The first kappa shape index (κ1) is 18.1. The van der Waals surface area contributed by atoms with Crippen LogP contribution < -0.4 is 4.72 Å². The fourth-order valence-corrected chi connectivity index (χ4v) is 3.49. The standard InChI is InChI=1S/C16H25NO3S/c1-6-10-16(14(18)20-12-7-2)11-8-9-13(16)17-21(19)15(3,4)5/h1,7,13,17H,2,8-12H2,3-5H3/t13-,16-,21?/m1/s1. The van der Waals surface area contributed by atoms with Crippen LogP contribution in [0.5, 0.6) is 0 Å². The van der Waals surface area contributed by atoms with E-state index in [-0.39, 0.29) is 18.6 Å². The third-order valence-electron chi connectivity index (χ3n) is 3.74. The van der Waals surface area contributed by atoms with Gasteiger partial charge in [0.1, 0.15) is 11.4 Å². The first-order valence-corrected chi connectivity index (χ1v) is 8.32. The minimum atomic E-state index is -1.25. The Bertz CT molecular complexity index is 424. The number of ether oxygens (including phenoxy) is 1. The average molecular weight is 311 g/mol. The van der Waals surface area contributed by atoms with Crippen LogP contribution in [0.3, 0.4) is 0 Å². The van der Waals surface area contributed by atoms with Crippen molar-refractivity contribution in [2.45, 2.75) is 57.2 Å². The highest BCUT2D eigenvalue weighted by Crippen LogP contribution is 2.43. The molecule has 1 fully saturated rings. The zero-order valence-corrected chi connectivity index (χ0v) is 13.9. The summed E-state index contributed by atoms with van der Waals surface area (Å²) in [6, 6.07) is -0.217. The van der Waals surface area contributed by atoms with E-state index in [1.807, 2.05) is 20.8 Å². The molecule has 1 saturated carbocycles. The molecule has 0 heterocycles. The molecule has 1 rings (SSSR count). The molecule has 0 aromatic heterocycles. The Hall–Kier alpha value is -0.960. The maximum atomic E-state index is 12.5. The fraction of sp³-hybridized carbons (Fsp3) is 0.688. The maximum Gasteiger partial charge on any atom is 0.315 e. The molecule has 21 heavy (non-hydrogen) atoms. The lowest BCUT2D eigenvalue weighted by atomic mass is 9.80. The molecule has 0 aromatic carbocycles. The fourth-order valence-electron chi connectivity index (χ4n) is 2.54. The Labute approximate surface area is 131 Å². The van der Waals surface area contributed by atoms with E-state index in [1.54, 1.807) is 0 Å². The molecule has 3 atom stereocenters. The molecule has 1 aliphatic rings. The van der Waals surface area contributed by atoms with Gasteiger partial charge in [0.25, 0.3) is 0 Å². The predicted molar refractivity (Wildman–Crippen MR) is 85.7 cm³/mol. The molecule has 0 radical (unpaired) electrons. The molecule has 0 aromatic rings. The second-order valence-corrected chi connectivity index (χ2v) is 8.37. The van der Waals surface area contributed by atoms with Crippen molar-refractivity contribution < 1.29 is 14.1 Å². The number of carbonyl (C=O) groups is 1. The Morgan fingerprint density at radius 1 is 1.67 bits per heavy atom. The largest absolute Gasteiger partial charge is 0.598 e. The average Bonchev–Trinajstić information content (AvgIpc) is 2.79. The van der Waals surface area contributed by atoms with E-state index in [0.717, 1.165) is 12.8 Å². The lowest BCUT2D eigenvalue weighted by Crippen LogP contribution is -2.52. The molecule has 0 aliphatic heterocycles. The molecule has 4 nitrogen and oxygen atoms in total. The van der Waals surface area contributed by atoms with Crippen molar-refractivity contribution in [3.05, 3.63) is 12.7 Å². The highest BCUT2D eigenvalue weighted by Gasteiger charge is 2.52. The van der Waals surface area contributed by atoms with E-state index >= 15 is 0 Å². The molecular formula is C16H25NO3S. The van der Waals surface area contributed by atoms with Crippen LogP contribution in [-0.4, -0.2) is 27.9 Å². The Balaban J connectivity index is 2.92. The van der Waals surface area contributed by atoms with Gasteiger partial charge in [0.2, 0.25) is 0 Å². The van der Waals surface area contributed by atoms with Crippen molar-refractivity contribution in [1.82, 2.24) is 4.72 Å². The summed E-state index contributed by atoms with van der Waals surface area (Å²) in [5.74, 6) is 2.27. The van der Waals surface area contributed by atoms with E-state index in [1.165, 1.54) is 6.08 Å². The van der Waals surface area contributed by atoms with Gasteiger partial charge in [-0.25, -0.2) is 0 Å². The second kappa shape index (κ2) is 7.35. The third-order valence-corrected chi connectivity index (χ3v) is 5.36. The van der Waals surface area contributed by atoms with Gasteiger partial charge < -0.3 is 9.29 Å². The lowest BCUT2D eigenvalue weighted by Gasteiger charge is -2.34. The van der Waals surface area contributed by atoms with E-state index in [2.05, 4.69) is 17.2 Å². The summed E-state index contributed by atoms with van der Waals surface area (Å²) in [5.41, 5.74) is -0.779. The second-order valence-electron chi connectivity index (χ2n) is 6.37. The number of carbonyl (C=O) groups excluding carboxylic acids is 1. The quantitative estimate of drug-likeness (QED) is 0.354. The van der Waals surface area contributed by atoms with Crippen LogP contribution in [0.1, 0.15) is 46.5 Å². The number of esters is 1. The van der Waals surface area contributed by atoms with Gasteiger partial charge in [-0.05, 0) is 33.6 Å². The number of hydrogen-bond acceptors (Lipinski definition) is 4. The van der Waals surface area contributed by atoms with Crippen LogP contribution in [0, 0.1) is 17.8 Å². The van der Waals surface area contributed by atoms with Gasteiger partial charge in [-0.15, -0.1) is 17.1 Å². The van der Waals surface area contributed by atoms with Crippen molar-refractivity contribution in [1.29, 1.82) is 0 Å². The summed E-state index contributed by atoms with van der Waals surface area (Å²) in [6.45, 7) is 9.39. The molecule has 1 aliphatic carbocycles. The summed E-state index contributed by atoms with van der Waals surface area (Å²) in [6.07, 6.45) is 9.58. The van der Waals surface area contributed by atoms with Crippen LogP contribution in [0.4, 0.5) is 0 Å². The van der Waals surface area contributed by atoms with Crippen molar-refractivity contribution in [2.75, 3.05) is 6.61 Å². The van der Waals surface area contributed by atoms with Crippen molar-refractivity contribution >= 4 is 17.3 Å². The van der Waals surface area contributed by atoms with Crippen LogP contribution >= 0.6 is 0 Å². The number of rotatable bonds is 6. The van der Waals surface area contributed by atoms with Gasteiger partial charge in [0.15, 0.2) is 0 Å². The van der Waals surface area contributed by atoms with Gasteiger partial charge in [0.05, 0.1) is 11.5 Å². The van der Waals surface area contributed by atoms with Gasteiger partial charge in [-0.1, -0.05) is 19.1 Å². The van der Waals surface area contributed by atoms with E-state index < -0.39 is 21.5 Å². The molecule has 0 bridgehead atoms. The van der Waals surface area contributed by atoms with E-state index in [9.17, 15) is 9.35 Å². The molecule has 5 heteroatoms. The lowest BCUT2D eigenvalue weighted by molar-refractivity contribution is -0.155. The Morgan fingerprint density at radius 2 is 2.33 bits per heavy atom. The zero-order chi connectivity index (χ0) is 16.1. The van der Waals surface area contributed by atoms with Gasteiger partial charge in [-0.3, -0.25) is 4.79 Å². The summed E-state index contributed by atoms with van der Waals surface area (Å²) < 4.78 is 20.3. The summed E-state index contributed by atoms with van der Waals surface area (Å²) in [4.78, 5) is 12.5. The molecular weight excluding hydrogens is 286 g/mol. The number of terminal acetylenes is 1. The number of hydrogen-bond donors (Lipinski definition) is 1. The summed E-state index contributed by atoms with van der Waals surface area (Å²) in [7, 11) is 0. The van der Waals surface area contributed by atoms with E-state index in [0.29, 0.717) is 12.8 Å². The van der Waals surface area contributed by atoms with Gasteiger partial charge in [0, 0.05) is 17.8 Å². The molecule has 118 valence electrons. The monoisotopic (exact) mass is 311 g/mol. The molecule has 1 N–H and O–H groups in total. The predicted octanol–water partition coefficient (Wildman–Crippen LogP) is 2.33. The van der Waals surface area contributed by atoms with Gasteiger partial charge >= 0.3 is 5.97 Å². The zero-order valence-electron chi connectivity index (χ0n) is 13.1. The summed E-state index contributed by atoms with van der Waals surface area (Å²) in [5, 5.41) is 0. The molecule has 0 amide bonds. The van der Waals surface area contributed by atoms with Gasteiger partial charge in [-0.2, -0.15) is 0 Å². The molecule has 1 unspecified atom stereocenters. The maximum absolute atomic E-state index is 12.5. The third kappa shape index (κ3) is 4.26. The topological polar surface area (TPSA) is 61.4 Å². The van der Waals surface area contributed by atoms with Crippen LogP contribution in [-0.2, 0) is 20.9 Å². The minimum Gasteiger partial charge on any atom is -0.598 e. The first-order valence-electron chi connectivity index (χ1n) is 7.17. The normalized spacial score (nSPS) is 26.9. The smallest absolute Gasteiger partial charge is 0.315 e. The Kier molecular flexibility index (Phi) is 6.33. The highest BCUT2D eigenvalue weighted by molar-refractivity contribution is 7.90. The minimum absolute atomic E-state index is 0.167. The van der Waals surface area contributed by atoms with Crippen molar-refractivity contribution in [3.63, 3.8) is 0 Å². The first-order chi connectivity index (χ1) is 9.78. The Morgan fingerprint density at radius 3 is 2.86 bits per heavy atom. The SMILES string of the molecule is C#CC[C@@]1(C(=O)OCC=C)CCC[C@H]1N[S+]([O-])C(C)(C)C. The van der Waals surface area contributed by atoms with Crippen LogP contribution in [0.2, 0.25) is 0 Å². The van der Waals surface area contributed by atoms with Crippen molar-refractivity contribution in [3.8, 4) is 12.3 Å².